The van der Waals surface area contributed by atoms with Crippen molar-refractivity contribution in [1.82, 2.24) is 25.1 Å². The van der Waals surface area contributed by atoms with Crippen LogP contribution in [0.4, 0.5) is 5.13 Å². The summed E-state index contributed by atoms with van der Waals surface area (Å²) in [7, 11) is 0. The average molecular weight is 346 g/mol. The lowest BCUT2D eigenvalue weighted by Gasteiger charge is -2.31. The van der Waals surface area contributed by atoms with Gasteiger partial charge in [0.05, 0.1) is 0 Å². The largest absolute Gasteiger partial charge is 0.348 e. The molecule has 24 heavy (non-hydrogen) atoms. The molecule has 0 radical (unpaired) electrons. The zero-order valence-electron chi connectivity index (χ0n) is 13.6. The van der Waals surface area contributed by atoms with E-state index >= 15 is 0 Å². The number of anilines is 1. The third-order valence-electron chi connectivity index (χ3n) is 4.68. The van der Waals surface area contributed by atoms with Crippen LogP contribution in [0.5, 0.6) is 0 Å². The van der Waals surface area contributed by atoms with E-state index in [-0.39, 0.29) is 5.91 Å². The van der Waals surface area contributed by atoms with Crippen LogP contribution in [-0.2, 0) is 4.79 Å². The first kappa shape index (κ1) is 15.7. The summed E-state index contributed by atoms with van der Waals surface area (Å²) < 4.78 is 0. The lowest BCUT2D eigenvalue weighted by Crippen LogP contribution is -2.36. The van der Waals surface area contributed by atoms with Gasteiger partial charge in [-0.1, -0.05) is 11.3 Å². The molecule has 8 heteroatoms. The molecular weight excluding hydrogens is 324 g/mol. The van der Waals surface area contributed by atoms with Crippen molar-refractivity contribution in [2.75, 3.05) is 25.0 Å². The monoisotopic (exact) mass is 346 g/mol. The van der Waals surface area contributed by atoms with Gasteiger partial charge >= 0.3 is 0 Å². The summed E-state index contributed by atoms with van der Waals surface area (Å²) in [5.41, 5.74) is 0. The van der Waals surface area contributed by atoms with Crippen LogP contribution in [0.3, 0.4) is 0 Å². The van der Waals surface area contributed by atoms with Crippen LogP contribution in [0.2, 0.25) is 0 Å². The topological polar surface area (TPSA) is 86.8 Å². The van der Waals surface area contributed by atoms with Gasteiger partial charge in [0.25, 0.3) is 0 Å². The van der Waals surface area contributed by atoms with Crippen molar-refractivity contribution in [3.8, 4) is 0 Å². The molecule has 2 N–H and O–H groups in total. The second-order valence-electron chi connectivity index (χ2n) is 6.63. The van der Waals surface area contributed by atoms with Gasteiger partial charge in [-0.05, 0) is 32.2 Å². The Hall–Kier alpha value is -1.80. The number of rotatable bonds is 6. The fourth-order valence-electron chi connectivity index (χ4n) is 3.20. The Morgan fingerprint density at radius 2 is 2.25 bits per heavy atom. The highest BCUT2D eigenvalue weighted by molar-refractivity contribution is 7.15. The number of piperidine rings is 1. The van der Waals surface area contributed by atoms with Crippen molar-refractivity contribution >= 4 is 22.4 Å². The number of carbonyl (C=O) groups is 1. The number of imidazole rings is 1. The summed E-state index contributed by atoms with van der Waals surface area (Å²) in [6, 6.07) is 0. The molecule has 1 aliphatic heterocycles. The first-order valence-corrected chi connectivity index (χ1v) is 9.44. The second-order valence-corrected chi connectivity index (χ2v) is 7.64. The highest BCUT2D eigenvalue weighted by atomic mass is 32.1. The van der Waals surface area contributed by atoms with Gasteiger partial charge in [0.15, 0.2) is 0 Å². The van der Waals surface area contributed by atoms with Gasteiger partial charge in [0.2, 0.25) is 11.0 Å². The second kappa shape index (κ2) is 6.98. The van der Waals surface area contributed by atoms with Gasteiger partial charge in [-0.3, -0.25) is 4.79 Å². The Morgan fingerprint density at radius 3 is 3.04 bits per heavy atom. The van der Waals surface area contributed by atoms with Gasteiger partial charge in [-0.15, -0.1) is 10.2 Å². The van der Waals surface area contributed by atoms with Crippen molar-refractivity contribution in [3.63, 3.8) is 0 Å². The molecule has 2 aromatic rings. The van der Waals surface area contributed by atoms with Crippen LogP contribution in [0.15, 0.2) is 12.4 Å². The number of hydrogen-bond acceptors (Lipinski definition) is 6. The van der Waals surface area contributed by atoms with E-state index in [1.54, 1.807) is 6.20 Å². The Balaban J connectivity index is 1.24. The van der Waals surface area contributed by atoms with Gasteiger partial charge in [-0.2, -0.15) is 0 Å². The molecular formula is C16H22N6OS. The molecule has 128 valence electrons. The molecule has 2 fully saturated rings. The third kappa shape index (κ3) is 3.81. The highest BCUT2D eigenvalue weighted by Gasteiger charge is 2.28. The van der Waals surface area contributed by atoms with E-state index in [0.29, 0.717) is 23.4 Å². The standard InChI is InChI=1S/C16H22N6OS/c23-13(19-16-21-20-15(24-16)11-3-4-11)5-9-22-8-1-2-12(10-22)14-17-6-7-18-14/h6-7,11-12H,1-5,8-10H2,(H,17,18)(H,19,21,23)/t12-/m0/s1. The molecule has 2 aromatic heterocycles. The molecule has 7 nitrogen and oxygen atoms in total. The van der Waals surface area contributed by atoms with Crippen LogP contribution in [0, 0.1) is 0 Å². The molecule has 3 heterocycles. The van der Waals surface area contributed by atoms with E-state index in [0.717, 1.165) is 43.3 Å². The predicted octanol–water partition coefficient (Wildman–Crippen LogP) is 2.35. The molecule has 2 aliphatic rings. The first-order chi connectivity index (χ1) is 11.8. The number of likely N-dealkylation sites (tertiary alicyclic amines) is 1. The summed E-state index contributed by atoms with van der Waals surface area (Å²) >= 11 is 1.51. The van der Waals surface area contributed by atoms with Crippen LogP contribution in [0.25, 0.3) is 0 Å². The Bertz CT molecular complexity index is 681. The molecule has 4 rings (SSSR count). The summed E-state index contributed by atoms with van der Waals surface area (Å²) in [5.74, 6) is 2.11. The first-order valence-electron chi connectivity index (χ1n) is 8.63. The van der Waals surface area contributed by atoms with Crippen molar-refractivity contribution in [2.24, 2.45) is 0 Å². The van der Waals surface area contributed by atoms with E-state index in [9.17, 15) is 4.79 Å². The number of amides is 1. The van der Waals surface area contributed by atoms with Crippen molar-refractivity contribution in [1.29, 1.82) is 0 Å². The molecule has 1 saturated heterocycles. The Kier molecular flexibility index (Phi) is 4.57. The maximum atomic E-state index is 12.1. The number of nitrogens with one attached hydrogen (secondary N) is 2. The molecule has 1 saturated carbocycles. The molecule has 1 atom stereocenters. The van der Waals surface area contributed by atoms with E-state index in [2.05, 4.69) is 30.4 Å². The van der Waals surface area contributed by atoms with E-state index in [1.807, 2.05) is 6.20 Å². The van der Waals surface area contributed by atoms with E-state index in [4.69, 9.17) is 0 Å². The minimum atomic E-state index is 0.0219. The third-order valence-corrected chi connectivity index (χ3v) is 5.68. The summed E-state index contributed by atoms with van der Waals surface area (Å²) in [4.78, 5) is 22.1. The molecule has 1 amide bonds. The smallest absolute Gasteiger partial charge is 0.227 e. The minimum absolute atomic E-state index is 0.0219. The van der Waals surface area contributed by atoms with Crippen LogP contribution in [0.1, 0.15) is 54.8 Å². The van der Waals surface area contributed by atoms with E-state index < -0.39 is 0 Å². The number of aromatic nitrogens is 4. The van der Waals surface area contributed by atoms with Crippen LogP contribution >= 0.6 is 11.3 Å². The maximum Gasteiger partial charge on any atom is 0.227 e. The summed E-state index contributed by atoms with van der Waals surface area (Å²) in [5, 5.41) is 12.8. The number of nitrogens with zero attached hydrogens (tertiary/aromatic N) is 4. The lowest BCUT2D eigenvalue weighted by atomic mass is 9.97. The van der Waals surface area contributed by atoms with Crippen molar-refractivity contribution in [2.45, 2.75) is 43.9 Å². The Labute approximate surface area is 144 Å². The zero-order valence-corrected chi connectivity index (χ0v) is 14.4. The SMILES string of the molecule is O=C(CCN1CCC[C@H](c2ncc[nH]2)C1)Nc1nnc(C2CC2)s1. The molecule has 0 aromatic carbocycles. The van der Waals surface area contributed by atoms with Gasteiger partial charge in [0.1, 0.15) is 10.8 Å². The number of carbonyl (C=O) groups excluding carboxylic acids is 1. The predicted molar refractivity (Wildman–Crippen MR) is 92.1 cm³/mol. The number of H-pyrrole nitrogens is 1. The Morgan fingerprint density at radius 1 is 1.33 bits per heavy atom. The summed E-state index contributed by atoms with van der Waals surface area (Å²) in [6.45, 7) is 2.79. The lowest BCUT2D eigenvalue weighted by molar-refractivity contribution is -0.116. The summed E-state index contributed by atoms with van der Waals surface area (Å²) in [6.07, 6.45) is 8.88. The quantitative estimate of drug-likeness (QED) is 0.838. The van der Waals surface area contributed by atoms with E-state index in [1.165, 1.54) is 24.2 Å². The van der Waals surface area contributed by atoms with Crippen molar-refractivity contribution in [3.05, 3.63) is 23.2 Å². The number of hydrogen-bond donors (Lipinski definition) is 2. The number of aromatic amines is 1. The van der Waals surface area contributed by atoms with Crippen LogP contribution in [-0.4, -0.2) is 50.6 Å². The average Bonchev–Trinajstić information content (AvgIpc) is 3.11. The fraction of sp³-hybridized carbons (Fsp3) is 0.625. The zero-order chi connectivity index (χ0) is 16.4. The molecule has 0 spiro atoms. The molecule has 0 unspecified atom stereocenters. The normalized spacial score (nSPS) is 21.8. The van der Waals surface area contributed by atoms with Gasteiger partial charge in [-0.25, -0.2) is 4.98 Å². The maximum absolute atomic E-state index is 12.1. The molecule has 0 bridgehead atoms. The minimum Gasteiger partial charge on any atom is -0.348 e. The van der Waals surface area contributed by atoms with Crippen molar-refractivity contribution < 1.29 is 4.79 Å². The van der Waals surface area contributed by atoms with Crippen LogP contribution < -0.4 is 5.32 Å². The van der Waals surface area contributed by atoms with Gasteiger partial charge < -0.3 is 15.2 Å². The molecule has 1 aliphatic carbocycles. The highest BCUT2D eigenvalue weighted by Crippen LogP contribution is 2.42. The van der Waals surface area contributed by atoms with Gasteiger partial charge in [0, 0.05) is 43.7 Å². The fourth-order valence-corrected chi connectivity index (χ4v) is 4.13.